The average molecular weight is 344 g/mol. The number of amides is 5. The maximum Gasteiger partial charge on any atom is 0.329 e. The summed E-state index contributed by atoms with van der Waals surface area (Å²) in [5.41, 5.74) is 0.508. The van der Waals surface area contributed by atoms with E-state index >= 15 is 0 Å². The van der Waals surface area contributed by atoms with E-state index in [2.05, 4.69) is 5.32 Å². The molecule has 1 aromatic carbocycles. The van der Waals surface area contributed by atoms with Gasteiger partial charge in [-0.3, -0.25) is 4.79 Å². The number of imide groups is 1. The van der Waals surface area contributed by atoms with E-state index in [0.717, 1.165) is 4.90 Å². The third kappa shape index (κ3) is 2.72. The molecule has 1 aromatic rings. The number of hydrogen-bond acceptors (Lipinski definition) is 4. The van der Waals surface area contributed by atoms with Gasteiger partial charge in [0.25, 0.3) is 5.91 Å². The lowest BCUT2D eigenvalue weighted by atomic mass is 10.0. The summed E-state index contributed by atoms with van der Waals surface area (Å²) in [6, 6.07) is 7.20. The Labute approximate surface area is 145 Å². The molecule has 0 bridgehead atoms. The lowest BCUT2D eigenvalue weighted by Gasteiger charge is -2.39. The molecule has 4 rings (SSSR count). The van der Waals surface area contributed by atoms with Gasteiger partial charge in [0, 0.05) is 19.6 Å². The second-order valence-corrected chi connectivity index (χ2v) is 6.37. The Kier molecular flexibility index (Phi) is 4.04. The van der Waals surface area contributed by atoms with Gasteiger partial charge in [0.05, 0.1) is 24.9 Å². The number of carbonyl (C=O) groups excluding carboxylic acids is 3. The fourth-order valence-electron chi connectivity index (χ4n) is 3.68. The molecule has 1 N–H and O–H groups in total. The molecule has 0 radical (unpaired) electrons. The van der Waals surface area contributed by atoms with Gasteiger partial charge >= 0.3 is 12.1 Å². The maximum atomic E-state index is 13.0. The Hall–Kier alpha value is -2.61. The number of nitrogens with zero attached hydrogens (tertiary/aromatic N) is 3. The Morgan fingerprint density at radius 1 is 1.08 bits per heavy atom. The van der Waals surface area contributed by atoms with E-state index in [1.807, 2.05) is 6.07 Å². The second kappa shape index (κ2) is 6.36. The number of carbonyl (C=O) groups is 3. The number of urea groups is 2. The molecule has 0 aromatic heterocycles. The Balaban J connectivity index is 1.58. The summed E-state index contributed by atoms with van der Waals surface area (Å²) >= 11 is 0. The van der Waals surface area contributed by atoms with Crippen molar-refractivity contribution in [1.29, 1.82) is 0 Å². The highest BCUT2D eigenvalue weighted by Crippen LogP contribution is 2.28. The molecule has 0 saturated carbocycles. The van der Waals surface area contributed by atoms with Gasteiger partial charge in [-0.05, 0) is 18.6 Å². The fourth-order valence-corrected chi connectivity index (χ4v) is 3.68. The van der Waals surface area contributed by atoms with Gasteiger partial charge in [0.1, 0.15) is 6.04 Å². The van der Waals surface area contributed by atoms with Crippen molar-refractivity contribution < 1.29 is 19.1 Å². The monoisotopic (exact) mass is 344 g/mol. The summed E-state index contributed by atoms with van der Waals surface area (Å²) in [7, 11) is 0. The van der Waals surface area contributed by atoms with Crippen molar-refractivity contribution in [2.45, 2.75) is 18.5 Å². The zero-order valence-electron chi connectivity index (χ0n) is 13.8. The van der Waals surface area contributed by atoms with E-state index in [1.165, 1.54) is 0 Å². The van der Waals surface area contributed by atoms with Crippen molar-refractivity contribution in [3.63, 3.8) is 0 Å². The minimum absolute atomic E-state index is 0.159. The molecule has 25 heavy (non-hydrogen) atoms. The van der Waals surface area contributed by atoms with Crippen LogP contribution in [0, 0.1) is 0 Å². The van der Waals surface area contributed by atoms with Crippen LogP contribution in [0.5, 0.6) is 0 Å². The van der Waals surface area contributed by atoms with Crippen LogP contribution in [0.2, 0.25) is 0 Å². The molecule has 3 aliphatic heterocycles. The predicted molar refractivity (Wildman–Crippen MR) is 89.1 cm³/mol. The van der Waals surface area contributed by atoms with Crippen LogP contribution in [-0.4, -0.2) is 72.7 Å². The summed E-state index contributed by atoms with van der Waals surface area (Å²) in [5, 5.41) is 2.87. The third-order valence-corrected chi connectivity index (χ3v) is 4.92. The van der Waals surface area contributed by atoms with E-state index in [-0.39, 0.29) is 18.0 Å². The smallest absolute Gasteiger partial charge is 0.329 e. The largest absolute Gasteiger partial charge is 0.378 e. The quantitative estimate of drug-likeness (QED) is 0.810. The molecular formula is C17H20N4O4. The molecule has 0 unspecified atom stereocenters. The van der Waals surface area contributed by atoms with Crippen molar-refractivity contribution in [3.8, 4) is 0 Å². The van der Waals surface area contributed by atoms with Gasteiger partial charge < -0.3 is 19.9 Å². The maximum absolute atomic E-state index is 13.0. The van der Waals surface area contributed by atoms with Gasteiger partial charge in [-0.25, -0.2) is 14.5 Å². The number of para-hydroxylation sites is 1. The molecule has 2 atom stereocenters. The van der Waals surface area contributed by atoms with Crippen molar-refractivity contribution >= 4 is 23.7 Å². The van der Waals surface area contributed by atoms with Gasteiger partial charge in [0.15, 0.2) is 0 Å². The Morgan fingerprint density at radius 2 is 1.80 bits per heavy atom. The van der Waals surface area contributed by atoms with Crippen LogP contribution in [-0.2, 0) is 9.53 Å². The molecule has 8 heteroatoms. The average Bonchev–Trinajstić information content (AvgIpc) is 3.06. The highest BCUT2D eigenvalue weighted by molar-refractivity contribution is 6.19. The van der Waals surface area contributed by atoms with Crippen molar-refractivity contribution in [3.05, 3.63) is 30.3 Å². The van der Waals surface area contributed by atoms with E-state index < -0.39 is 12.1 Å². The minimum Gasteiger partial charge on any atom is -0.378 e. The molecule has 5 amide bonds. The van der Waals surface area contributed by atoms with Crippen LogP contribution < -0.4 is 10.2 Å². The number of ether oxygens (including phenoxy) is 1. The molecule has 132 valence electrons. The number of nitrogens with one attached hydrogen (secondary N) is 1. The first-order chi connectivity index (χ1) is 12.2. The molecule has 3 saturated heterocycles. The minimum atomic E-state index is -0.659. The van der Waals surface area contributed by atoms with Gasteiger partial charge in [-0.2, -0.15) is 0 Å². The first-order valence-electron chi connectivity index (χ1n) is 8.49. The number of benzene rings is 1. The van der Waals surface area contributed by atoms with Gasteiger partial charge in [0.2, 0.25) is 0 Å². The number of fused-ring (bicyclic) bond motifs is 1. The number of rotatable bonds is 1. The molecule has 3 heterocycles. The summed E-state index contributed by atoms with van der Waals surface area (Å²) in [5.74, 6) is -0.348. The third-order valence-electron chi connectivity index (χ3n) is 4.92. The van der Waals surface area contributed by atoms with Crippen LogP contribution in [0.25, 0.3) is 0 Å². The standard InChI is InChI=1S/C17H20N4O4/c22-15-14-13(18-16(23)21(15)12-4-2-1-3-5-12)6-7-20(14)17(24)19-8-10-25-11-9-19/h1-5,13-14H,6-11H2,(H,18,23)/t13-,14+/m1/s1. The van der Waals surface area contributed by atoms with E-state index in [0.29, 0.717) is 45.0 Å². The lowest BCUT2D eigenvalue weighted by Crippen LogP contribution is -2.66. The Morgan fingerprint density at radius 3 is 2.52 bits per heavy atom. The highest BCUT2D eigenvalue weighted by Gasteiger charge is 2.50. The normalized spacial score (nSPS) is 26.5. The predicted octanol–water partition coefficient (Wildman–Crippen LogP) is 0.638. The van der Waals surface area contributed by atoms with E-state index in [1.54, 1.807) is 34.1 Å². The molecule has 0 spiro atoms. The van der Waals surface area contributed by atoms with Crippen LogP contribution in [0.3, 0.4) is 0 Å². The lowest BCUT2D eigenvalue weighted by molar-refractivity contribution is -0.122. The van der Waals surface area contributed by atoms with Crippen LogP contribution in [0.4, 0.5) is 15.3 Å². The number of likely N-dealkylation sites (tertiary alicyclic amines) is 1. The summed E-state index contributed by atoms with van der Waals surface area (Å²) < 4.78 is 5.28. The van der Waals surface area contributed by atoms with E-state index in [9.17, 15) is 14.4 Å². The topological polar surface area (TPSA) is 82.2 Å². The first-order valence-corrected chi connectivity index (χ1v) is 8.49. The highest BCUT2D eigenvalue weighted by atomic mass is 16.5. The van der Waals surface area contributed by atoms with Crippen molar-refractivity contribution in [2.24, 2.45) is 0 Å². The molecule has 3 aliphatic rings. The van der Waals surface area contributed by atoms with Crippen LogP contribution in [0.15, 0.2) is 30.3 Å². The Bertz CT molecular complexity index is 689. The SMILES string of the molecule is O=C1N[C@@H]2CCN(C(=O)N3CCOCC3)[C@@H]2C(=O)N1c1ccccc1. The summed E-state index contributed by atoms with van der Waals surface area (Å²) in [4.78, 5) is 42.7. The summed E-state index contributed by atoms with van der Waals surface area (Å²) in [6.07, 6.45) is 0.584. The molecule has 3 fully saturated rings. The molecule has 0 aliphatic carbocycles. The van der Waals surface area contributed by atoms with E-state index in [4.69, 9.17) is 4.74 Å². The van der Waals surface area contributed by atoms with Gasteiger partial charge in [-0.15, -0.1) is 0 Å². The van der Waals surface area contributed by atoms with Crippen molar-refractivity contribution in [2.75, 3.05) is 37.7 Å². The van der Waals surface area contributed by atoms with Crippen molar-refractivity contribution in [1.82, 2.24) is 15.1 Å². The molecular weight excluding hydrogens is 324 g/mol. The second-order valence-electron chi connectivity index (χ2n) is 6.37. The number of anilines is 1. The zero-order chi connectivity index (χ0) is 17.4. The fraction of sp³-hybridized carbons (Fsp3) is 0.471. The van der Waals surface area contributed by atoms with Gasteiger partial charge in [-0.1, -0.05) is 18.2 Å². The first kappa shape index (κ1) is 15.9. The summed E-state index contributed by atoms with van der Waals surface area (Å²) in [6.45, 7) is 2.52. The molecule has 8 nitrogen and oxygen atoms in total. The zero-order valence-corrected chi connectivity index (χ0v) is 13.8. The number of hydrogen-bond donors (Lipinski definition) is 1. The van der Waals surface area contributed by atoms with Crippen LogP contribution in [0.1, 0.15) is 6.42 Å². The van der Waals surface area contributed by atoms with Crippen LogP contribution >= 0.6 is 0 Å². The number of morpholine rings is 1.